The highest BCUT2D eigenvalue weighted by molar-refractivity contribution is 5.75. The predicted molar refractivity (Wildman–Crippen MR) is 131 cm³/mol. The number of benzene rings is 3. The molecule has 1 aliphatic rings. The monoisotopic (exact) mass is 461 g/mol. The van der Waals surface area contributed by atoms with E-state index in [0.717, 1.165) is 67.5 Å². The summed E-state index contributed by atoms with van der Waals surface area (Å²) in [6.07, 6.45) is 4.13. The second-order valence-corrected chi connectivity index (χ2v) is 9.30. The number of nitrogens with one attached hydrogen (secondary N) is 2. The average molecular weight is 462 g/mol. The highest BCUT2D eigenvalue weighted by Gasteiger charge is 2.22. The molecule has 0 spiro atoms. The summed E-state index contributed by atoms with van der Waals surface area (Å²) in [5, 5.41) is 0. The second kappa shape index (κ2) is 9.94. The molecule has 1 aromatic heterocycles. The van der Waals surface area contributed by atoms with Gasteiger partial charge < -0.3 is 14.9 Å². The lowest BCUT2D eigenvalue weighted by atomic mass is 9.87. The molecular weight excluding hydrogens is 432 g/mol. The summed E-state index contributed by atoms with van der Waals surface area (Å²) in [5.41, 5.74) is 4.96. The van der Waals surface area contributed by atoms with Crippen LogP contribution in [0.1, 0.15) is 54.2 Å². The molecule has 2 heterocycles. The van der Waals surface area contributed by atoms with Crippen LogP contribution in [0, 0.1) is 11.6 Å². The zero-order chi connectivity index (χ0) is 23.5. The van der Waals surface area contributed by atoms with Crippen molar-refractivity contribution >= 4 is 11.0 Å². The van der Waals surface area contributed by atoms with Crippen LogP contribution in [0.25, 0.3) is 11.0 Å². The number of aromatic amines is 2. The molecule has 2 N–H and O–H groups in total. The summed E-state index contributed by atoms with van der Waals surface area (Å²) in [7, 11) is 0. The normalized spacial score (nSPS) is 15.4. The van der Waals surface area contributed by atoms with E-state index >= 15 is 0 Å². The molecule has 3 aromatic carbocycles. The van der Waals surface area contributed by atoms with Crippen molar-refractivity contribution in [1.29, 1.82) is 0 Å². The fourth-order valence-corrected chi connectivity index (χ4v) is 5.23. The molecule has 0 amide bonds. The Morgan fingerprint density at radius 2 is 1.41 bits per heavy atom. The zero-order valence-electron chi connectivity index (χ0n) is 19.1. The van der Waals surface area contributed by atoms with E-state index in [9.17, 15) is 13.6 Å². The lowest BCUT2D eigenvalue weighted by molar-refractivity contribution is 0.208. The van der Waals surface area contributed by atoms with Crippen LogP contribution in [0.2, 0.25) is 0 Å². The highest BCUT2D eigenvalue weighted by Crippen LogP contribution is 2.32. The number of likely N-dealkylation sites (tertiary alicyclic amines) is 1. The number of halogens is 2. The second-order valence-electron chi connectivity index (χ2n) is 9.30. The smallest absolute Gasteiger partial charge is 0.306 e. The third kappa shape index (κ3) is 5.12. The lowest BCUT2D eigenvalue weighted by Gasteiger charge is -2.32. The maximum atomic E-state index is 13.5. The van der Waals surface area contributed by atoms with Gasteiger partial charge in [-0.25, -0.2) is 13.6 Å². The van der Waals surface area contributed by atoms with E-state index in [1.54, 1.807) is 0 Å². The van der Waals surface area contributed by atoms with Crippen LogP contribution in [0.5, 0.6) is 0 Å². The van der Waals surface area contributed by atoms with Crippen LogP contribution in [0.15, 0.2) is 71.5 Å². The number of rotatable bonds is 7. The third-order valence-electron chi connectivity index (χ3n) is 7.11. The molecule has 4 aromatic rings. The van der Waals surface area contributed by atoms with Crippen LogP contribution in [0.4, 0.5) is 8.78 Å². The molecule has 6 heteroatoms. The molecule has 5 rings (SSSR count). The topological polar surface area (TPSA) is 51.9 Å². The summed E-state index contributed by atoms with van der Waals surface area (Å²) >= 11 is 0. The molecule has 0 aliphatic carbocycles. The average Bonchev–Trinajstić information content (AvgIpc) is 3.23. The van der Waals surface area contributed by atoms with Gasteiger partial charge in [0.1, 0.15) is 11.6 Å². The number of piperidine rings is 1. The predicted octanol–water partition coefficient (Wildman–Crippen LogP) is 5.93. The Bertz CT molecular complexity index is 1240. The van der Waals surface area contributed by atoms with Crippen molar-refractivity contribution in [2.75, 3.05) is 19.6 Å². The SMILES string of the molecule is O=c1[nH]c2ccc(C3CCN(CCCC(c4ccc(F)cc4)c4ccc(F)cc4)CC3)cc2[nH]1. The van der Waals surface area contributed by atoms with Gasteiger partial charge in [0.2, 0.25) is 0 Å². The Kier molecular flexibility index (Phi) is 6.59. The Balaban J connectivity index is 1.18. The largest absolute Gasteiger partial charge is 0.323 e. The van der Waals surface area contributed by atoms with E-state index in [1.165, 1.54) is 29.8 Å². The van der Waals surface area contributed by atoms with E-state index in [-0.39, 0.29) is 23.2 Å². The Morgan fingerprint density at radius 1 is 0.824 bits per heavy atom. The molecule has 176 valence electrons. The number of H-pyrrole nitrogens is 2. The number of aromatic nitrogens is 2. The Morgan fingerprint density at radius 3 is 2.03 bits per heavy atom. The zero-order valence-corrected chi connectivity index (χ0v) is 19.1. The summed E-state index contributed by atoms with van der Waals surface area (Å²) in [4.78, 5) is 19.7. The number of imidazole rings is 1. The quantitative estimate of drug-likeness (QED) is 0.359. The standard InChI is InChI=1S/C28H29F2N3O/c29-23-8-3-20(4-9-23)25(21-5-10-24(30)11-6-21)2-1-15-33-16-13-19(14-17-33)22-7-12-26-27(18-22)32-28(34)31-26/h3-12,18-19,25H,1-2,13-17H2,(H2,31,32,34). The Labute approximate surface area is 197 Å². The van der Waals surface area contributed by atoms with Crippen molar-refractivity contribution in [3.8, 4) is 0 Å². The first-order valence-corrected chi connectivity index (χ1v) is 12.0. The summed E-state index contributed by atoms with van der Waals surface area (Å²) in [5.74, 6) is 0.136. The maximum Gasteiger partial charge on any atom is 0.323 e. The van der Waals surface area contributed by atoms with Crippen molar-refractivity contribution in [3.63, 3.8) is 0 Å². The van der Waals surface area contributed by atoms with Crippen molar-refractivity contribution < 1.29 is 8.78 Å². The molecule has 0 bridgehead atoms. The fraction of sp³-hybridized carbons (Fsp3) is 0.321. The molecule has 1 aliphatic heterocycles. The van der Waals surface area contributed by atoms with E-state index in [4.69, 9.17) is 0 Å². The van der Waals surface area contributed by atoms with E-state index in [0.29, 0.717) is 5.92 Å². The van der Waals surface area contributed by atoms with Gasteiger partial charge >= 0.3 is 5.69 Å². The minimum absolute atomic E-state index is 0.119. The van der Waals surface area contributed by atoms with Gasteiger partial charge in [-0.1, -0.05) is 30.3 Å². The van der Waals surface area contributed by atoms with Crippen molar-refractivity contribution in [2.24, 2.45) is 0 Å². The van der Waals surface area contributed by atoms with Gasteiger partial charge in [-0.3, -0.25) is 0 Å². The Hall–Kier alpha value is -3.25. The first kappa shape index (κ1) is 22.5. The summed E-state index contributed by atoms with van der Waals surface area (Å²) < 4.78 is 26.9. The molecule has 0 saturated carbocycles. The molecule has 4 nitrogen and oxygen atoms in total. The van der Waals surface area contributed by atoms with Gasteiger partial charge in [0, 0.05) is 5.92 Å². The van der Waals surface area contributed by atoms with Gasteiger partial charge in [0.05, 0.1) is 11.0 Å². The first-order chi connectivity index (χ1) is 16.5. The molecule has 1 saturated heterocycles. The van der Waals surface area contributed by atoms with Gasteiger partial charge in [0.25, 0.3) is 0 Å². The minimum atomic E-state index is -0.244. The molecule has 0 unspecified atom stereocenters. The van der Waals surface area contributed by atoms with Crippen molar-refractivity contribution in [1.82, 2.24) is 14.9 Å². The van der Waals surface area contributed by atoms with Gasteiger partial charge in [-0.05, 0) is 104 Å². The van der Waals surface area contributed by atoms with Gasteiger partial charge in [-0.15, -0.1) is 0 Å². The minimum Gasteiger partial charge on any atom is -0.306 e. The van der Waals surface area contributed by atoms with Crippen LogP contribution in [0.3, 0.4) is 0 Å². The first-order valence-electron chi connectivity index (χ1n) is 12.0. The molecular formula is C28H29F2N3O. The molecule has 1 fully saturated rings. The van der Waals surface area contributed by atoms with Crippen molar-refractivity contribution in [2.45, 2.75) is 37.5 Å². The number of hydrogen-bond donors (Lipinski definition) is 2. The highest BCUT2D eigenvalue weighted by atomic mass is 19.1. The number of hydrogen-bond acceptors (Lipinski definition) is 2. The fourth-order valence-electron chi connectivity index (χ4n) is 5.23. The number of nitrogens with zero attached hydrogens (tertiary/aromatic N) is 1. The van der Waals surface area contributed by atoms with E-state index in [1.807, 2.05) is 30.3 Å². The molecule has 0 radical (unpaired) electrons. The van der Waals surface area contributed by atoms with Gasteiger partial charge in [-0.2, -0.15) is 0 Å². The lowest BCUT2D eigenvalue weighted by Crippen LogP contribution is -2.33. The van der Waals surface area contributed by atoms with Crippen LogP contribution < -0.4 is 5.69 Å². The van der Waals surface area contributed by atoms with Crippen LogP contribution in [-0.2, 0) is 0 Å². The summed E-state index contributed by atoms with van der Waals surface area (Å²) in [6.45, 7) is 3.10. The van der Waals surface area contributed by atoms with Crippen LogP contribution >= 0.6 is 0 Å². The third-order valence-corrected chi connectivity index (χ3v) is 7.11. The van der Waals surface area contributed by atoms with Crippen LogP contribution in [-0.4, -0.2) is 34.5 Å². The number of fused-ring (bicyclic) bond motifs is 1. The molecule has 0 atom stereocenters. The van der Waals surface area contributed by atoms with Gasteiger partial charge in [0.15, 0.2) is 0 Å². The van der Waals surface area contributed by atoms with E-state index in [2.05, 4.69) is 27.0 Å². The summed E-state index contributed by atoms with van der Waals surface area (Å²) in [6, 6.07) is 19.5. The maximum absolute atomic E-state index is 13.5. The molecule has 34 heavy (non-hydrogen) atoms. The van der Waals surface area contributed by atoms with Crippen molar-refractivity contribution in [3.05, 3.63) is 106 Å². The van der Waals surface area contributed by atoms with E-state index < -0.39 is 0 Å².